The monoisotopic (exact) mass is 347 g/mol. The number of hydrogen-bond acceptors (Lipinski definition) is 2. The topological polar surface area (TPSA) is 60.0 Å². The minimum Gasteiger partial charge on any atom is -0.345 e. The summed E-state index contributed by atoms with van der Waals surface area (Å²) in [6.07, 6.45) is 6.32. The van der Waals surface area contributed by atoms with Crippen molar-refractivity contribution in [2.75, 3.05) is 5.32 Å². The first-order valence-electron chi connectivity index (χ1n) is 7.09. The maximum Gasteiger partial charge on any atom is 0.244 e. The van der Waals surface area contributed by atoms with Gasteiger partial charge in [0.1, 0.15) is 6.54 Å². The second kappa shape index (κ2) is 6.03. The number of halogens is 1. The van der Waals surface area contributed by atoms with Crippen LogP contribution in [0.15, 0.2) is 47.2 Å². The fourth-order valence-corrected chi connectivity index (χ4v) is 2.78. The Balaban J connectivity index is 1.61. The third-order valence-electron chi connectivity index (χ3n) is 3.76. The molecular formula is C16H18BrN3O. The van der Waals surface area contributed by atoms with E-state index in [9.17, 15) is 4.79 Å². The van der Waals surface area contributed by atoms with Gasteiger partial charge in [-0.3, -0.25) is 4.79 Å². The van der Waals surface area contributed by atoms with Crippen LogP contribution >= 0.6 is 15.9 Å². The molecule has 1 amide bonds. The first kappa shape index (κ1) is 14.4. The number of hydrogen-bond donors (Lipinski definition) is 2. The fourth-order valence-electron chi connectivity index (χ4n) is 2.40. The average Bonchev–Trinajstić information content (AvgIpc) is 3.21. The molecule has 0 aliphatic heterocycles. The van der Waals surface area contributed by atoms with Gasteiger partial charge in [-0.1, -0.05) is 12.1 Å². The lowest BCUT2D eigenvalue weighted by Gasteiger charge is -2.09. The Labute approximate surface area is 132 Å². The van der Waals surface area contributed by atoms with Crippen LogP contribution in [0.25, 0.3) is 0 Å². The second-order valence-corrected chi connectivity index (χ2v) is 6.36. The SMILES string of the molecule is NC(c1ccn(CC(=O)Nc2ccccc2Br)c1)C1CC1. The number of nitrogens with one attached hydrogen (secondary N) is 1. The van der Waals surface area contributed by atoms with Crippen LogP contribution in [0.3, 0.4) is 0 Å². The van der Waals surface area contributed by atoms with Crippen molar-refractivity contribution in [1.82, 2.24) is 4.57 Å². The number of aromatic nitrogens is 1. The van der Waals surface area contributed by atoms with E-state index in [0.29, 0.717) is 12.5 Å². The van der Waals surface area contributed by atoms with Crippen molar-refractivity contribution in [3.05, 3.63) is 52.8 Å². The summed E-state index contributed by atoms with van der Waals surface area (Å²) in [5.74, 6) is 0.569. The smallest absolute Gasteiger partial charge is 0.244 e. The first-order chi connectivity index (χ1) is 10.1. The third-order valence-corrected chi connectivity index (χ3v) is 4.45. The van der Waals surface area contributed by atoms with E-state index in [1.165, 1.54) is 12.8 Å². The summed E-state index contributed by atoms with van der Waals surface area (Å²) in [4.78, 5) is 12.1. The van der Waals surface area contributed by atoms with Crippen LogP contribution in [0.4, 0.5) is 5.69 Å². The normalized spacial score (nSPS) is 15.7. The highest BCUT2D eigenvalue weighted by atomic mass is 79.9. The van der Waals surface area contributed by atoms with Gasteiger partial charge >= 0.3 is 0 Å². The molecule has 21 heavy (non-hydrogen) atoms. The molecule has 1 fully saturated rings. The van der Waals surface area contributed by atoms with E-state index >= 15 is 0 Å². The van der Waals surface area contributed by atoms with Crippen molar-refractivity contribution in [2.24, 2.45) is 11.7 Å². The number of nitrogens with two attached hydrogens (primary N) is 1. The van der Waals surface area contributed by atoms with Crippen LogP contribution in [-0.2, 0) is 11.3 Å². The van der Waals surface area contributed by atoms with Crippen LogP contribution in [0.1, 0.15) is 24.4 Å². The van der Waals surface area contributed by atoms with Gasteiger partial charge in [0.15, 0.2) is 0 Å². The van der Waals surface area contributed by atoms with Crippen molar-refractivity contribution in [3.63, 3.8) is 0 Å². The van der Waals surface area contributed by atoms with Crippen LogP contribution in [0.2, 0.25) is 0 Å². The highest BCUT2D eigenvalue weighted by Crippen LogP contribution is 2.39. The molecule has 1 aromatic heterocycles. The van der Waals surface area contributed by atoms with E-state index in [2.05, 4.69) is 21.2 Å². The molecule has 110 valence electrons. The number of para-hydroxylation sites is 1. The summed E-state index contributed by atoms with van der Waals surface area (Å²) in [7, 11) is 0. The van der Waals surface area contributed by atoms with Gasteiger partial charge in [0.2, 0.25) is 5.91 Å². The summed E-state index contributed by atoms with van der Waals surface area (Å²) in [6.45, 7) is 0.290. The molecule has 5 heteroatoms. The molecule has 0 saturated heterocycles. The van der Waals surface area contributed by atoms with E-state index in [-0.39, 0.29) is 11.9 Å². The zero-order valence-electron chi connectivity index (χ0n) is 11.6. The van der Waals surface area contributed by atoms with E-state index in [1.54, 1.807) is 0 Å². The summed E-state index contributed by atoms with van der Waals surface area (Å²) in [6, 6.07) is 9.69. The largest absolute Gasteiger partial charge is 0.345 e. The van der Waals surface area contributed by atoms with E-state index in [0.717, 1.165) is 15.7 Å². The van der Waals surface area contributed by atoms with Gasteiger partial charge in [0, 0.05) is 22.9 Å². The number of carbonyl (C=O) groups is 1. The molecule has 0 spiro atoms. The Morgan fingerprint density at radius 3 is 2.86 bits per heavy atom. The number of anilines is 1. The Morgan fingerprint density at radius 1 is 1.38 bits per heavy atom. The molecule has 1 aliphatic carbocycles. The molecule has 1 aromatic carbocycles. The van der Waals surface area contributed by atoms with Gasteiger partial charge < -0.3 is 15.6 Å². The van der Waals surface area contributed by atoms with Crippen molar-refractivity contribution in [1.29, 1.82) is 0 Å². The number of carbonyl (C=O) groups excluding carboxylic acids is 1. The molecule has 1 atom stereocenters. The first-order valence-corrected chi connectivity index (χ1v) is 7.88. The Bertz CT molecular complexity index is 648. The van der Waals surface area contributed by atoms with Gasteiger partial charge in [0.05, 0.1) is 5.69 Å². The Hall–Kier alpha value is -1.59. The Kier molecular flexibility index (Phi) is 4.12. The predicted octanol–water partition coefficient (Wildman–Crippen LogP) is 3.30. The fraction of sp³-hybridized carbons (Fsp3) is 0.312. The minimum absolute atomic E-state index is 0.0518. The van der Waals surface area contributed by atoms with Gasteiger partial charge in [-0.25, -0.2) is 0 Å². The molecule has 2 aromatic rings. The van der Waals surface area contributed by atoms with E-state index < -0.39 is 0 Å². The van der Waals surface area contributed by atoms with Crippen molar-refractivity contribution in [2.45, 2.75) is 25.4 Å². The molecule has 4 nitrogen and oxygen atoms in total. The number of nitrogens with zero attached hydrogens (tertiary/aromatic N) is 1. The maximum atomic E-state index is 12.1. The van der Waals surface area contributed by atoms with Crippen LogP contribution < -0.4 is 11.1 Å². The van der Waals surface area contributed by atoms with Crippen molar-refractivity contribution >= 4 is 27.5 Å². The average molecular weight is 348 g/mol. The molecular weight excluding hydrogens is 330 g/mol. The molecule has 1 unspecified atom stereocenters. The highest BCUT2D eigenvalue weighted by molar-refractivity contribution is 9.10. The zero-order chi connectivity index (χ0) is 14.8. The highest BCUT2D eigenvalue weighted by Gasteiger charge is 2.29. The predicted molar refractivity (Wildman–Crippen MR) is 86.9 cm³/mol. The van der Waals surface area contributed by atoms with Crippen molar-refractivity contribution < 1.29 is 4.79 Å². The summed E-state index contributed by atoms with van der Waals surface area (Å²) < 4.78 is 2.76. The van der Waals surface area contributed by atoms with E-state index in [1.807, 2.05) is 47.3 Å². The maximum absolute atomic E-state index is 12.1. The number of benzene rings is 1. The third kappa shape index (κ3) is 3.54. The molecule has 1 heterocycles. The van der Waals surface area contributed by atoms with Gasteiger partial charge in [-0.15, -0.1) is 0 Å². The second-order valence-electron chi connectivity index (χ2n) is 5.51. The summed E-state index contributed by atoms with van der Waals surface area (Å²) >= 11 is 3.42. The summed E-state index contributed by atoms with van der Waals surface area (Å²) in [5, 5.41) is 2.89. The molecule has 3 N–H and O–H groups in total. The van der Waals surface area contributed by atoms with Crippen LogP contribution in [0, 0.1) is 5.92 Å². The lowest BCUT2D eigenvalue weighted by atomic mass is 10.1. The lowest BCUT2D eigenvalue weighted by Crippen LogP contribution is -2.18. The summed E-state index contributed by atoms with van der Waals surface area (Å²) in [5.41, 5.74) is 8.07. The number of rotatable bonds is 5. The molecule has 3 rings (SSSR count). The van der Waals surface area contributed by atoms with Crippen LogP contribution in [0.5, 0.6) is 0 Å². The number of amides is 1. The standard InChI is InChI=1S/C16H18BrN3O/c17-13-3-1-2-4-14(13)19-15(21)10-20-8-7-12(9-20)16(18)11-5-6-11/h1-4,7-9,11,16H,5-6,10,18H2,(H,19,21). The van der Waals surface area contributed by atoms with Gasteiger partial charge in [0.25, 0.3) is 0 Å². The Morgan fingerprint density at radius 2 is 2.14 bits per heavy atom. The van der Waals surface area contributed by atoms with Gasteiger partial charge in [-0.05, 0) is 58.5 Å². The molecule has 1 aliphatic rings. The molecule has 0 bridgehead atoms. The van der Waals surface area contributed by atoms with Crippen LogP contribution in [-0.4, -0.2) is 10.5 Å². The minimum atomic E-state index is -0.0518. The van der Waals surface area contributed by atoms with Crippen molar-refractivity contribution in [3.8, 4) is 0 Å². The van der Waals surface area contributed by atoms with E-state index in [4.69, 9.17) is 5.73 Å². The quantitative estimate of drug-likeness (QED) is 0.871. The van der Waals surface area contributed by atoms with Gasteiger partial charge in [-0.2, -0.15) is 0 Å². The lowest BCUT2D eigenvalue weighted by molar-refractivity contribution is -0.116. The molecule has 1 saturated carbocycles. The zero-order valence-corrected chi connectivity index (χ0v) is 13.2. The molecule has 0 radical (unpaired) electrons.